The zero-order valence-corrected chi connectivity index (χ0v) is 16.5. The maximum absolute atomic E-state index is 12.0. The largest absolute Gasteiger partial charge is 0.457 e. The number of urea groups is 1. The number of benzene rings is 2. The zero-order chi connectivity index (χ0) is 21.3. The van der Waals surface area contributed by atoms with Crippen molar-refractivity contribution in [2.24, 2.45) is 0 Å². The highest BCUT2D eigenvalue weighted by Crippen LogP contribution is 2.30. The molecule has 2 heterocycles. The minimum Gasteiger partial charge on any atom is -0.457 e. The van der Waals surface area contributed by atoms with Crippen LogP contribution in [0.15, 0.2) is 42.5 Å². The fourth-order valence-electron chi connectivity index (χ4n) is 3.55. The Labute approximate surface area is 173 Å². The van der Waals surface area contributed by atoms with Gasteiger partial charge in [-0.1, -0.05) is 12.1 Å². The van der Waals surface area contributed by atoms with E-state index in [9.17, 15) is 19.2 Å². The molecule has 0 saturated carbocycles. The van der Waals surface area contributed by atoms with Gasteiger partial charge in [-0.3, -0.25) is 24.6 Å². The summed E-state index contributed by atoms with van der Waals surface area (Å²) < 4.78 is 6.04. The molecule has 154 valence electrons. The van der Waals surface area contributed by atoms with Gasteiger partial charge in [-0.15, -0.1) is 0 Å². The first-order chi connectivity index (χ1) is 14.4. The van der Waals surface area contributed by atoms with E-state index in [0.29, 0.717) is 42.3 Å². The van der Waals surface area contributed by atoms with Crippen LogP contribution in [0.5, 0.6) is 11.5 Å². The van der Waals surface area contributed by atoms with Gasteiger partial charge in [0.15, 0.2) is 5.78 Å². The molecule has 2 aliphatic rings. The first kappa shape index (κ1) is 19.6. The Hall–Kier alpha value is -3.68. The quantitative estimate of drug-likeness (QED) is 0.587. The Balaban J connectivity index is 1.57. The third-order valence-corrected chi connectivity index (χ3v) is 5.18. The number of nitrogens with one attached hydrogen (secondary N) is 1. The molecule has 0 spiro atoms. The van der Waals surface area contributed by atoms with Gasteiger partial charge in [-0.05, 0) is 43.7 Å². The molecular weight excluding hydrogens is 386 g/mol. The van der Waals surface area contributed by atoms with E-state index in [1.165, 1.54) is 11.8 Å². The average molecular weight is 407 g/mol. The molecule has 2 aliphatic heterocycles. The Morgan fingerprint density at radius 1 is 1.10 bits per heavy atom. The monoisotopic (exact) mass is 407 g/mol. The van der Waals surface area contributed by atoms with E-state index in [1.807, 2.05) is 6.07 Å². The van der Waals surface area contributed by atoms with Gasteiger partial charge in [0.2, 0.25) is 11.8 Å². The molecule has 0 radical (unpaired) electrons. The van der Waals surface area contributed by atoms with Crippen molar-refractivity contribution in [2.45, 2.75) is 26.3 Å². The van der Waals surface area contributed by atoms with Gasteiger partial charge in [0.25, 0.3) is 0 Å². The molecule has 4 rings (SSSR count). The summed E-state index contributed by atoms with van der Waals surface area (Å²) in [4.78, 5) is 50.1. The highest BCUT2D eigenvalue weighted by atomic mass is 16.5. The van der Waals surface area contributed by atoms with Crippen LogP contribution in [-0.4, -0.2) is 41.6 Å². The van der Waals surface area contributed by atoms with Crippen molar-refractivity contribution in [2.75, 3.05) is 18.0 Å². The molecule has 2 fully saturated rings. The second kappa shape index (κ2) is 7.98. The van der Waals surface area contributed by atoms with Crippen LogP contribution in [-0.2, 0) is 16.1 Å². The lowest BCUT2D eigenvalue weighted by Crippen LogP contribution is -2.27. The first-order valence-electron chi connectivity index (χ1n) is 9.71. The van der Waals surface area contributed by atoms with Crippen LogP contribution in [0.3, 0.4) is 0 Å². The lowest BCUT2D eigenvalue weighted by Gasteiger charge is -2.19. The van der Waals surface area contributed by atoms with Crippen LogP contribution in [0, 0.1) is 0 Å². The van der Waals surface area contributed by atoms with Gasteiger partial charge in [-0.2, -0.15) is 0 Å². The third kappa shape index (κ3) is 4.03. The van der Waals surface area contributed by atoms with Crippen molar-refractivity contribution in [1.82, 2.24) is 10.2 Å². The summed E-state index contributed by atoms with van der Waals surface area (Å²) in [5.41, 5.74) is 1.90. The highest BCUT2D eigenvalue weighted by Gasteiger charge is 2.28. The van der Waals surface area contributed by atoms with Crippen LogP contribution in [0.2, 0.25) is 0 Å². The summed E-state index contributed by atoms with van der Waals surface area (Å²) in [6.07, 6.45) is 1.39. The third-order valence-electron chi connectivity index (χ3n) is 5.18. The number of ether oxygens (including phenoxy) is 1. The summed E-state index contributed by atoms with van der Waals surface area (Å²) in [6.45, 7) is 2.59. The minimum absolute atomic E-state index is 0.0201. The molecule has 4 amide bonds. The highest BCUT2D eigenvalue weighted by molar-refractivity contribution is 6.12. The van der Waals surface area contributed by atoms with E-state index >= 15 is 0 Å². The smallest absolute Gasteiger partial charge is 0.329 e. The van der Waals surface area contributed by atoms with Crippen molar-refractivity contribution in [3.8, 4) is 11.5 Å². The number of carbonyl (C=O) groups is 4. The number of anilines is 1. The summed E-state index contributed by atoms with van der Waals surface area (Å²) in [6, 6.07) is 11.5. The number of amides is 4. The van der Waals surface area contributed by atoms with Crippen molar-refractivity contribution >= 4 is 29.3 Å². The van der Waals surface area contributed by atoms with Gasteiger partial charge in [0, 0.05) is 36.3 Å². The van der Waals surface area contributed by atoms with E-state index in [1.54, 1.807) is 41.3 Å². The van der Waals surface area contributed by atoms with Crippen molar-refractivity contribution in [3.63, 3.8) is 0 Å². The molecule has 0 bridgehead atoms. The lowest BCUT2D eigenvalue weighted by atomic mass is 10.1. The van der Waals surface area contributed by atoms with Crippen LogP contribution in [0.1, 0.15) is 35.7 Å². The normalized spacial score (nSPS) is 16.2. The molecule has 0 unspecified atom stereocenters. The number of rotatable bonds is 6. The molecule has 0 aromatic heterocycles. The van der Waals surface area contributed by atoms with Crippen molar-refractivity contribution < 1.29 is 23.9 Å². The fourth-order valence-corrected chi connectivity index (χ4v) is 3.55. The van der Waals surface area contributed by atoms with E-state index in [-0.39, 0.29) is 24.1 Å². The van der Waals surface area contributed by atoms with E-state index in [4.69, 9.17) is 4.74 Å². The summed E-state index contributed by atoms with van der Waals surface area (Å²) >= 11 is 0. The van der Waals surface area contributed by atoms with Crippen LogP contribution < -0.4 is 15.0 Å². The Bertz CT molecular complexity index is 1030. The minimum atomic E-state index is -0.458. The number of ketones is 1. The van der Waals surface area contributed by atoms with E-state index < -0.39 is 6.03 Å². The molecule has 0 atom stereocenters. The van der Waals surface area contributed by atoms with E-state index in [2.05, 4.69) is 5.32 Å². The van der Waals surface area contributed by atoms with Crippen LogP contribution in [0.4, 0.5) is 10.5 Å². The standard InChI is InChI=1S/C22H21N3O5/c1-14(26)15-4-5-16(12-24-10-2-3-21(24)28)19(11-15)30-18-8-6-17(7-9-18)25-13-20(27)23-22(25)29/h4-9,11H,2-3,10,12-13H2,1H3,(H,23,27,29). The van der Waals surface area contributed by atoms with E-state index in [0.717, 1.165) is 12.0 Å². The van der Waals surface area contributed by atoms with Gasteiger partial charge in [0.05, 0.1) is 0 Å². The van der Waals surface area contributed by atoms with Crippen molar-refractivity contribution in [3.05, 3.63) is 53.6 Å². The Kier molecular flexibility index (Phi) is 5.22. The number of hydrogen-bond acceptors (Lipinski definition) is 5. The fraction of sp³-hybridized carbons (Fsp3) is 0.273. The molecule has 0 aliphatic carbocycles. The van der Waals surface area contributed by atoms with Gasteiger partial charge in [0.1, 0.15) is 18.0 Å². The topological polar surface area (TPSA) is 96.0 Å². The molecule has 2 saturated heterocycles. The Morgan fingerprint density at radius 2 is 1.87 bits per heavy atom. The maximum atomic E-state index is 12.0. The summed E-state index contributed by atoms with van der Waals surface area (Å²) in [5.74, 6) is 0.703. The molecule has 8 heteroatoms. The van der Waals surface area contributed by atoms with Crippen LogP contribution in [0.25, 0.3) is 0 Å². The number of Topliss-reactive ketones (excluding diaryl/α,β-unsaturated/α-hetero) is 1. The molecule has 30 heavy (non-hydrogen) atoms. The number of hydrogen-bond donors (Lipinski definition) is 1. The molecule has 8 nitrogen and oxygen atoms in total. The Morgan fingerprint density at radius 3 is 2.47 bits per heavy atom. The predicted molar refractivity (Wildman–Crippen MR) is 108 cm³/mol. The molecular formula is C22H21N3O5. The predicted octanol–water partition coefficient (Wildman–Crippen LogP) is 2.86. The van der Waals surface area contributed by atoms with Gasteiger partial charge in [-0.25, -0.2) is 4.79 Å². The molecule has 2 aromatic carbocycles. The number of likely N-dealkylation sites (tertiary alicyclic amines) is 1. The number of carbonyl (C=O) groups excluding carboxylic acids is 4. The first-order valence-corrected chi connectivity index (χ1v) is 9.71. The van der Waals surface area contributed by atoms with Gasteiger partial charge >= 0.3 is 6.03 Å². The zero-order valence-electron chi connectivity index (χ0n) is 16.5. The molecule has 1 N–H and O–H groups in total. The maximum Gasteiger partial charge on any atom is 0.329 e. The second-order valence-corrected chi connectivity index (χ2v) is 7.33. The SMILES string of the molecule is CC(=O)c1ccc(CN2CCCC2=O)c(Oc2ccc(N3CC(=O)NC3=O)cc2)c1. The lowest BCUT2D eigenvalue weighted by molar-refractivity contribution is -0.128. The number of imide groups is 1. The summed E-state index contributed by atoms with van der Waals surface area (Å²) in [7, 11) is 0. The van der Waals surface area contributed by atoms with Crippen LogP contribution >= 0.6 is 0 Å². The van der Waals surface area contributed by atoms with Gasteiger partial charge < -0.3 is 9.64 Å². The summed E-state index contributed by atoms with van der Waals surface area (Å²) in [5, 5.41) is 2.23. The second-order valence-electron chi connectivity index (χ2n) is 7.33. The molecule has 2 aromatic rings. The number of nitrogens with zero attached hydrogens (tertiary/aromatic N) is 2. The van der Waals surface area contributed by atoms with Crippen molar-refractivity contribution in [1.29, 1.82) is 0 Å². The average Bonchev–Trinajstić information content (AvgIpc) is 3.27.